The topological polar surface area (TPSA) is 93.5 Å². The summed E-state index contributed by atoms with van der Waals surface area (Å²) in [6.07, 6.45) is 1.02. The van der Waals surface area contributed by atoms with Crippen molar-refractivity contribution in [2.45, 2.75) is 32.7 Å². The van der Waals surface area contributed by atoms with Crippen molar-refractivity contribution in [1.82, 2.24) is 0 Å². The zero-order valence-electron chi connectivity index (χ0n) is 12.0. The predicted molar refractivity (Wildman–Crippen MR) is 78.8 cm³/mol. The normalized spacial score (nSPS) is 11.6. The highest BCUT2D eigenvalue weighted by molar-refractivity contribution is 5.93. The van der Waals surface area contributed by atoms with E-state index in [2.05, 4.69) is 10.6 Å². The van der Waals surface area contributed by atoms with E-state index in [1.165, 1.54) is 14.0 Å². The fourth-order valence-electron chi connectivity index (χ4n) is 1.66. The molecule has 0 spiro atoms. The van der Waals surface area contributed by atoms with Gasteiger partial charge in [0.05, 0.1) is 12.8 Å². The zero-order valence-corrected chi connectivity index (χ0v) is 12.0. The van der Waals surface area contributed by atoms with Crippen molar-refractivity contribution in [3.63, 3.8) is 0 Å². The number of carbonyl (C=O) groups is 2. The summed E-state index contributed by atoms with van der Waals surface area (Å²) >= 11 is 0. The number of hydrogen-bond acceptors (Lipinski definition) is 4. The van der Waals surface area contributed by atoms with Crippen LogP contribution in [0.1, 0.15) is 26.7 Å². The second-order valence-corrected chi connectivity index (χ2v) is 4.52. The van der Waals surface area contributed by atoms with Crippen LogP contribution in [-0.2, 0) is 9.59 Å². The Balaban J connectivity index is 2.77. The number of carbonyl (C=O) groups excluding carboxylic acids is 2. The van der Waals surface area contributed by atoms with Crippen LogP contribution < -0.4 is 21.1 Å². The third kappa shape index (κ3) is 4.89. The standard InChI is InChI=1S/C14H21N3O3/c1-4-10(15)7-14(19)17-11-5-6-12(16-9(2)18)13(8-11)20-3/h5-6,8,10H,4,7,15H2,1-3H3,(H,16,18)(H,17,19). The van der Waals surface area contributed by atoms with E-state index in [0.717, 1.165) is 6.42 Å². The van der Waals surface area contributed by atoms with Crippen LogP contribution in [0.25, 0.3) is 0 Å². The van der Waals surface area contributed by atoms with Gasteiger partial charge in [-0.25, -0.2) is 0 Å². The lowest BCUT2D eigenvalue weighted by molar-refractivity contribution is -0.116. The van der Waals surface area contributed by atoms with Gasteiger partial charge < -0.3 is 21.1 Å². The Morgan fingerprint density at radius 2 is 2.05 bits per heavy atom. The average molecular weight is 279 g/mol. The van der Waals surface area contributed by atoms with Gasteiger partial charge in [0.1, 0.15) is 5.75 Å². The van der Waals surface area contributed by atoms with Crippen molar-refractivity contribution in [2.75, 3.05) is 17.7 Å². The van der Waals surface area contributed by atoms with Gasteiger partial charge in [0, 0.05) is 31.1 Å². The molecule has 1 aromatic carbocycles. The Kier molecular flexibility index (Phi) is 5.99. The SMILES string of the molecule is CCC(N)CC(=O)Nc1ccc(NC(C)=O)c(OC)c1. The zero-order chi connectivity index (χ0) is 15.1. The van der Waals surface area contributed by atoms with Crippen LogP contribution in [-0.4, -0.2) is 25.0 Å². The molecule has 2 amide bonds. The summed E-state index contributed by atoms with van der Waals surface area (Å²) in [5, 5.41) is 5.40. The predicted octanol–water partition coefficient (Wildman–Crippen LogP) is 1.72. The lowest BCUT2D eigenvalue weighted by atomic mass is 10.1. The minimum Gasteiger partial charge on any atom is -0.494 e. The van der Waals surface area contributed by atoms with Gasteiger partial charge in [-0.05, 0) is 18.6 Å². The second-order valence-electron chi connectivity index (χ2n) is 4.52. The maximum Gasteiger partial charge on any atom is 0.225 e. The van der Waals surface area contributed by atoms with Crippen molar-refractivity contribution in [3.05, 3.63) is 18.2 Å². The van der Waals surface area contributed by atoms with E-state index in [1.54, 1.807) is 18.2 Å². The van der Waals surface area contributed by atoms with Gasteiger partial charge in [-0.3, -0.25) is 9.59 Å². The largest absolute Gasteiger partial charge is 0.494 e. The highest BCUT2D eigenvalue weighted by Gasteiger charge is 2.10. The minimum absolute atomic E-state index is 0.143. The van der Waals surface area contributed by atoms with E-state index in [9.17, 15) is 9.59 Å². The lowest BCUT2D eigenvalue weighted by Gasteiger charge is -2.13. The van der Waals surface area contributed by atoms with E-state index in [-0.39, 0.29) is 24.3 Å². The summed E-state index contributed by atoms with van der Waals surface area (Å²) in [4.78, 5) is 22.8. The molecule has 0 saturated carbocycles. The first-order valence-electron chi connectivity index (χ1n) is 6.47. The van der Waals surface area contributed by atoms with Crippen LogP contribution in [0.2, 0.25) is 0 Å². The molecule has 20 heavy (non-hydrogen) atoms. The summed E-state index contributed by atoms with van der Waals surface area (Å²) in [6.45, 7) is 3.35. The third-order valence-electron chi connectivity index (χ3n) is 2.77. The number of methoxy groups -OCH3 is 1. The Labute approximate surface area is 118 Å². The molecule has 6 nitrogen and oxygen atoms in total. The van der Waals surface area contributed by atoms with Crippen molar-refractivity contribution >= 4 is 23.2 Å². The third-order valence-corrected chi connectivity index (χ3v) is 2.77. The van der Waals surface area contributed by atoms with Crippen LogP contribution >= 0.6 is 0 Å². The molecule has 0 aliphatic carbocycles. The van der Waals surface area contributed by atoms with Gasteiger partial charge in [-0.1, -0.05) is 6.92 Å². The molecule has 0 aliphatic heterocycles. The van der Waals surface area contributed by atoms with Crippen LogP contribution in [0.3, 0.4) is 0 Å². The van der Waals surface area contributed by atoms with Gasteiger partial charge >= 0.3 is 0 Å². The summed E-state index contributed by atoms with van der Waals surface area (Å²) in [5.41, 5.74) is 6.89. The first kappa shape index (κ1) is 16.0. The Morgan fingerprint density at radius 3 is 2.60 bits per heavy atom. The van der Waals surface area contributed by atoms with Crippen molar-refractivity contribution in [2.24, 2.45) is 5.73 Å². The Bertz CT molecular complexity index is 489. The lowest BCUT2D eigenvalue weighted by Crippen LogP contribution is -2.26. The molecular formula is C14H21N3O3. The van der Waals surface area contributed by atoms with Gasteiger partial charge in [0.25, 0.3) is 0 Å². The number of hydrogen-bond donors (Lipinski definition) is 3. The smallest absolute Gasteiger partial charge is 0.225 e. The molecule has 1 rings (SSSR count). The quantitative estimate of drug-likeness (QED) is 0.739. The van der Waals surface area contributed by atoms with Gasteiger partial charge in [0.2, 0.25) is 11.8 Å². The first-order chi connectivity index (χ1) is 9.46. The number of ether oxygens (including phenoxy) is 1. The molecule has 1 atom stereocenters. The Hall–Kier alpha value is -2.08. The molecule has 0 aromatic heterocycles. The molecule has 0 heterocycles. The van der Waals surface area contributed by atoms with Crippen molar-refractivity contribution < 1.29 is 14.3 Å². The molecule has 1 aromatic rings. The molecular weight excluding hydrogens is 258 g/mol. The Morgan fingerprint density at radius 1 is 1.35 bits per heavy atom. The van der Waals surface area contributed by atoms with E-state index >= 15 is 0 Å². The number of nitrogens with one attached hydrogen (secondary N) is 2. The molecule has 4 N–H and O–H groups in total. The summed E-state index contributed by atoms with van der Waals surface area (Å²) < 4.78 is 5.18. The molecule has 110 valence electrons. The molecule has 6 heteroatoms. The van der Waals surface area contributed by atoms with Crippen molar-refractivity contribution in [1.29, 1.82) is 0 Å². The molecule has 0 aliphatic rings. The summed E-state index contributed by atoms with van der Waals surface area (Å²) in [7, 11) is 1.50. The average Bonchev–Trinajstić information content (AvgIpc) is 2.39. The van der Waals surface area contributed by atoms with Crippen LogP contribution in [0.4, 0.5) is 11.4 Å². The second kappa shape index (κ2) is 7.49. The van der Waals surface area contributed by atoms with Gasteiger partial charge in [-0.2, -0.15) is 0 Å². The monoisotopic (exact) mass is 279 g/mol. The molecule has 0 radical (unpaired) electrons. The minimum atomic E-state index is -0.186. The maximum absolute atomic E-state index is 11.7. The van der Waals surface area contributed by atoms with Crippen molar-refractivity contribution in [3.8, 4) is 5.75 Å². The molecule has 1 unspecified atom stereocenters. The molecule has 0 bridgehead atoms. The fourth-order valence-corrected chi connectivity index (χ4v) is 1.66. The van der Waals surface area contributed by atoms with E-state index in [4.69, 9.17) is 10.5 Å². The van der Waals surface area contributed by atoms with Crippen LogP contribution in [0.15, 0.2) is 18.2 Å². The highest BCUT2D eigenvalue weighted by atomic mass is 16.5. The number of benzene rings is 1. The van der Waals surface area contributed by atoms with Crippen LogP contribution in [0, 0.1) is 0 Å². The van der Waals surface area contributed by atoms with E-state index in [0.29, 0.717) is 17.1 Å². The maximum atomic E-state index is 11.7. The van der Waals surface area contributed by atoms with Gasteiger partial charge in [-0.15, -0.1) is 0 Å². The van der Waals surface area contributed by atoms with Crippen LogP contribution in [0.5, 0.6) is 5.75 Å². The number of nitrogens with two attached hydrogens (primary N) is 1. The van der Waals surface area contributed by atoms with E-state index < -0.39 is 0 Å². The number of amides is 2. The summed E-state index contributed by atoms with van der Waals surface area (Å²) in [5.74, 6) is 0.153. The van der Waals surface area contributed by atoms with E-state index in [1.807, 2.05) is 6.92 Å². The van der Waals surface area contributed by atoms with Gasteiger partial charge in [0.15, 0.2) is 0 Å². The molecule has 0 fully saturated rings. The number of rotatable bonds is 6. The number of anilines is 2. The fraction of sp³-hybridized carbons (Fsp3) is 0.429. The summed E-state index contributed by atoms with van der Waals surface area (Å²) in [6, 6.07) is 4.88. The molecule has 0 saturated heterocycles. The first-order valence-corrected chi connectivity index (χ1v) is 6.47. The highest BCUT2D eigenvalue weighted by Crippen LogP contribution is 2.28.